The van der Waals surface area contributed by atoms with Gasteiger partial charge in [0.05, 0.1) is 29.1 Å². The van der Waals surface area contributed by atoms with Gasteiger partial charge >= 0.3 is 6.18 Å². The van der Waals surface area contributed by atoms with Crippen LogP contribution in [0, 0.1) is 11.6 Å². The van der Waals surface area contributed by atoms with Crippen LogP contribution in [0.15, 0.2) is 42.7 Å². The molecule has 0 aliphatic carbocycles. The minimum Gasteiger partial charge on any atom is -0.345 e. The van der Waals surface area contributed by atoms with Crippen molar-refractivity contribution in [2.24, 2.45) is 0 Å². The van der Waals surface area contributed by atoms with Crippen LogP contribution >= 0.6 is 0 Å². The fraction of sp³-hybridized carbons (Fsp3) is 0.286. The third-order valence-corrected chi connectivity index (χ3v) is 4.67. The van der Waals surface area contributed by atoms with Crippen molar-refractivity contribution in [2.45, 2.75) is 38.9 Å². The number of pyridine rings is 1. The minimum absolute atomic E-state index is 0.109. The molecule has 31 heavy (non-hydrogen) atoms. The molecule has 0 fully saturated rings. The first-order valence-corrected chi connectivity index (χ1v) is 9.36. The van der Waals surface area contributed by atoms with E-state index in [1.165, 1.54) is 23.0 Å². The van der Waals surface area contributed by atoms with E-state index in [1.54, 1.807) is 20.8 Å². The van der Waals surface area contributed by atoms with E-state index in [1.807, 2.05) is 0 Å². The average molecular weight is 438 g/mol. The second kappa shape index (κ2) is 8.44. The van der Waals surface area contributed by atoms with Crippen molar-refractivity contribution in [2.75, 3.05) is 0 Å². The van der Waals surface area contributed by atoms with Crippen molar-refractivity contribution in [1.29, 1.82) is 0 Å². The number of hydrogen-bond donors (Lipinski definition) is 1. The topological polar surface area (TPSA) is 59.8 Å². The van der Waals surface area contributed by atoms with E-state index < -0.39 is 35.3 Å². The third-order valence-electron chi connectivity index (χ3n) is 4.67. The maximum absolute atomic E-state index is 14.0. The molecule has 0 radical (unpaired) electrons. The monoisotopic (exact) mass is 438 g/mol. The lowest BCUT2D eigenvalue weighted by Gasteiger charge is -2.17. The molecular formula is C21H19F5N4O. The molecule has 0 aliphatic rings. The molecule has 3 rings (SSSR count). The average Bonchev–Trinajstić information content (AvgIpc) is 3.13. The van der Waals surface area contributed by atoms with Crippen LogP contribution in [0.1, 0.15) is 59.9 Å². The summed E-state index contributed by atoms with van der Waals surface area (Å²) in [7, 11) is 0. The van der Waals surface area contributed by atoms with Crippen molar-refractivity contribution in [3.05, 3.63) is 76.7 Å². The summed E-state index contributed by atoms with van der Waals surface area (Å²) < 4.78 is 66.8. The second-order valence-electron chi connectivity index (χ2n) is 7.27. The number of rotatable bonds is 5. The largest absolute Gasteiger partial charge is 0.417 e. The SMILES string of the molecule is CC(C)c1c(C(=O)NC(C)c2ccc(F)cc2F)cnn1-c1ccc(C(F)(F)F)cn1. The first kappa shape index (κ1) is 22.4. The zero-order valence-electron chi connectivity index (χ0n) is 16.8. The predicted molar refractivity (Wildman–Crippen MR) is 103 cm³/mol. The van der Waals surface area contributed by atoms with Crippen molar-refractivity contribution < 1.29 is 26.7 Å². The van der Waals surface area contributed by atoms with Crippen LogP contribution in [0.4, 0.5) is 22.0 Å². The molecule has 1 unspecified atom stereocenters. The highest BCUT2D eigenvalue weighted by Gasteiger charge is 2.31. The van der Waals surface area contributed by atoms with Gasteiger partial charge in [-0.15, -0.1) is 0 Å². The van der Waals surface area contributed by atoms with Gasteiger partial charge in [0.25, 0.3) is 5.91 Å². The number of carbonyl (C=O) groups excluding carboxylic acids is 1. The van der Waals surface area contributed by atoms with Crippen LogP contribution in [0.2, 0.25) is 0 Å². The highest BCUT2D eigenvalue weighted by Crippen LogP contribution is 2.29. The van der Waals surface area contributed by atoms with E-state index in [0.29, 0.717) is 11.9 Å². The lowest BCUT2D eigenvalue weighted by molar-refractivity contribution is -0.137. The Bertz CT molecular complexity index is 1090. The summed E-state index contributed by atoms with van der Waals surface area (Å²) in [4.78, 5) is 16.7. The van der Waals surface area contributed by atoms with E-state index in [0.717, 1.165) is 18.2 Å². The molecule has 5 nitrogen and oxygen atoms in total. The second-order valence-corrected chi connectivity index (χ2v) is 7.27. The lowest BCUT2D eigenvalue weighted by atomic mass is 10.0. The first-order valence-electron chi connectivity index (χ1n) is 9.36. The number of halogens is 5. The Kier molecular flexibility index (Phi) is 6.10. The molecule has 1 aromatic carbocycles. The first-order chi connectivity index (χ1) is 14.5. The third kappa shape index (κ3) is 4.73. The summed E-state index contributed by atoms with van der Waals surface area (Å²) in [5.41, 5.74) is -0.192. The number of nitrogens with zero attached hydrogens (tertiary/aromatic N) is 3. The van der Waals surface area contributed by atoms with Gasteiger partial charge in [-0.05, 0) is 31.0 Å². The fourth-order valence-electron chi connectivity index (χ4n) is 3.15. The summed E-state index contributed by atoms with van der Waals surface area (Å²) in [6, 6.07) is 4.35. The summed E-state index contributed by atoms with van der Waals surface area (Å²) in [6.07, 6.45) is -2.55. The zero-order chi connectivity index (χ0) is 22.9. The molecule has 0 saturated carbocycles. The standard InChI is InChI=1S/C21H19F5N4O/c1-11(2)19-16(20(31)29-12(3)15-6-5-14(22)8-17(15)23)10-28-30(19)18-7-4-13(9-27-18)21(24,25)26/h4-12H,1-3H3,(H,29,31). The Balaban J connectivity index is 1.90. The van der Waals surface area contributed by atoms with Gasteiger partial charge in [0.15, 0.2) is 5.82 Å². The summed E-state index contributed by atoms with van der Waals surface area (Å²) in [6.45, 7) is 5.12. The Morgan fingerprint density at radius 3 is 2.32 bits per heavy atom. The van der Waals surface area contributed by atoms with E-state index in [9.17, 15) is 26.7 Å². The molecule has 0 spiro atoms. The van der Waals surface area contributed by atoms with Crippen LogP contribution in [0.25, 0.3) is 5.82 Å². The van der Waals surface area contributed by atoms with Gasteiger partial charge in [0.1, 0.15) is 11.6 Å². The van der Waals surface area contributed by atoms with Gasteiger partial charge < -0.3 is 5.32 Å². The number of hydrogen-bond acceptors (Lipinski definition) is 3. The quantitative estimate of drug-likeness (QED) is 0.559. The van der Waals surface area contributed by atoms with Crippen molar-refractivity contribution in [1.82, 2.24) is 20.1 Å². The molecule has 1 N–H and O–H groups in total. The number of nitrogens with one attached hydrogen (secondary N) is 1. The summed E-state index contributed by atoms with van der Waals surface area (Å²) in [5.74, 6) is -2.19. The Labute approximate surface area is 174 Å². The molecule has 10 heteroatoms. The van der Waals surface area contributed by atoms with Crippen molar-refractivity contribution in [3.63, 3.8) is 0 Å². The van der Waals surface area contributed by atoms with Crippen LogP contribution < -0.4 is 5.32 Å². The Hall–Kier alpha value is -3.30. The molecule has 1 amide bonds. The smallest absolute Gasteiger partial charge is 0.345 e. The molecule has 0 bridgehead atoms. The van der Waals surface area contributed by atoms with Crippen molar-refractivity contribution >= 4 is 5.91 Å². The molecule has 2 aromatic heterocycles. The maximum atomic E-state index is 14.0. The molecular weight excluding hydrogens is 419 g/mol. The Morgan fingerprint density at radius 1 is 1.06 bits per heavy atom. The number of alkyl halides is 3. The van der Waals surface area contributed by atoms with Crippen LogP contribution in [0.3, 0.4) is 0 Å². The molecule has 164 valence electrons. The fourth-order valence-corrected chi connectivity index (χ4v) is 3.15. The van der Waals surface area contributed by atoms with E-state index in [-0.39, 0.29) is 22.9 Å². The van der Waals surface area contributed by atoms with Crippen LogP contribution in [-0.2, 0) is 6.18 Å². The molecule has 2 heterocycles. The number of aromatic nitrogens is 3. The van der Waals surface area contributed by atoms with Crippen LogP contribution in [-0.4, -0.2) is 20.7 Å². The summed E-state index contributed by atoms with van der Waals surface area (Å²) >= 11 is 0. The van der Waals surface area contributed by atoms with Gasteiger partial charge in [-0.25, -0.2) is 18.4 Å². The highest BCUT2D eigenvalue weighted by molar-refractivity contribution is 5.95. The van der Waals surface area contributed by atoms with E-state index >= 15 is 0 Å². The van der Waals surface area contributed by atoms with Gasteiger partial charge in [0.2, 0.25) is 0 Å². The molecule has 0 aliphatic heterocycles. The number of carbonyl (C=O) groups is 1. The van der Waals surface area contributed by atoms with Crippen molar-refractivity contribution in [3.8, 4) is 5.82 Å². The van der Waals surface area contributed by atoms with Crippen LogP contribution in [0.5, 0.6) is 0 Å². The summed E-state index contributed by atoms with van der Waals surface area (Å²) in [5, 5.41) is 6.76. The number of amides is 1. The molecule has 0 saturated heterocycles. The van der Waals surface area contributed by atoms with E-state index in [2.05, 4.69) is 15.4 Å². The predicted octanol–water partition coefficient (Wildman–Crippen LogP) is 5.18. The maximum Gasteiger partial charge on any atom is 0.417 e. The van der Waals surface area contributed by atoms with E-state index in [4.69, 9.17) is 0 Å². The lowest BCUT2D eigenvalue weighted by Crippen LogP contribution is -2.28. The highest BCUT2D eigenvalue weighted by atomic mass is 19.4. The molecule has 3 aromatic rings. The molecule has 1 atom stereocenters. The minimum atomic E-state index is -4.52. The number of benzene rings is 1. The zero-order valence-corrected chi connectivity index (χ0v) is 16.8. The van der Waals surface area contributed by atoms with Gasteiger partial charge in [-0.3, -0.25) is 4.79 Å². The Morgan fingerprint density at radius 2 is 1.77 bits per heavy atom. The van der Waals surface area contributed by atoms with Gasteiger partial charge in [0, 0.05) is 17.8 Å². The van der Waals surface area contributed by atoms with Gasteiger partial charge in [-0.2, -0.15) is 18.3 Å². The van der Waals surface area contributed by atoms with Gasteiger partial charge in [-0.1, -0.05) is 19.9 Å². The normalized spacial score (nSPS) is 12.8.